The molecule has 92 valence electrons. The smallest absolute Gasteiger partial charge is 0.335 e. The number of ether oxygens (including phenoxy) is 1. The molecule has 17 heavy (non-hydrogen) atoms. The highest BCUT2D eigenvalue weighted by molar-refractivity contribution is 6.00. The van der Waals surface area contributed by atoms with Crippen molar-refractivity contribution >= 4 is 11.8 Å². The van der Waals surface area contributed by atoms with Crippen LogP contribution in [0.15, 0.2) is 30.3 Å². The number of ketones is 1. The molecule has 1 unspecified atom stereocenters. The van der Waals surface area contributed by atoms with Crippen LogP contribution in [0, 0.1) is 5.92 Å². The Kier molecular flexibility index (Phi) is 4.84. The van der Waals surface area contributed by atoms with Crippen LogP contribution >= 0.6 is 0 Å². The minimum atomic E-state index is -1.41. The van der Waals surface area contributed by atoms with Gasteiger partial charge in [0.25, 0.3) is 0 Å². The highest BCUT2D eigenvalue weighted by Gasteiger charge is 2.29. The van der Waals surface area contributed by atoms with E-state index in [9.17, 15) is 14.7 Å². The SMILES string of the molecule is CCOC(=O)[C@@H](O)C(C)C(=O)c1ccccc1. The zero-order valence-corrected chi connectivity index (χ0v) is 9.92. The van der Waals surface area contributed by atoms with Crippen LogP contribution in [0.25, 0.3) is 0 Å². The topological polar surface area (TPSA) is 63.6 Å². The summed E-state index contributed by atoms with van der Waals surface area (Å²) in [6.07, 6.45) is -1.41. The Morgan fingerprint density at radius 3 is 2.41 bits per heavy atom. The molecular formula is C13H16O4. The highest BCUT2D eigenvalue weighted by atomic mass is 16.5. The predicted octanol–water partition coefficient (Wildman–Crippen LogP) is 1.43. The number of carbonyl (C=O) groups excluding carboxylic acids is 2. The zero-order chi connectivity index (χ0) is 12.8. The van der Waals surface area contributed by atoms with Crippen LogP contribution in [0.3, 0.4) is 0 Å². The van der Waals surface area contributed by atoms with Crippen molar-refractivity contribution in [3.63, 3.8) is 0 Å². The molecule has 4 nitrogen and oxygen atoms in total. The normalized spacial score (nSPS) is 13.8. The van der Waals surface area contributed by atoms with Crippen LogP contribution in [0.4, 0.5) is 0 Å². The van der Waals surface area contributed by atoms with Gasteiger partial charge in [-0.25, -0.2) is 4.79 Å². The first-order chi connectivity index (χ1) is 8.07. The van der Waals surface area contributed by atoms with Crippen molar-refractivity contribution in [1.29, 1.82) is 0 Å². The van der Waals surface area contributed by atoms with Gasteiger partial charge in [-0.05, 0) is 6.92 Å². The molecule has 0 heterocycles. The first kappa shape index (κ1) is 13.4. The Hall–Kier alpha value is -1.68. The quantitative estimate of drug-likeness (QED) is 0.620. The van der Waals surface area contributed by atoms with Crippen LogP contribution in [0.2, 0.25) is 0 Å². The lowest BCUT2D eigenvalue weighted by molar-refractivity contribution is -0.154. The van der Waals surface area contributed by atoms with Crippen LogP contribution in [0.1, 0.15) is 24.2 Å². The van der Waals surface area contributed by atoms with Crippen molar-refractivity contribution in [1.82, 2.24) is 0 Å². The van der Waals surface area contributed by atoms with Gasteiger partial charge in [0.1, 0.15) is 0 Å². The number of hydrogen-bond acceptors (Lipinski definition) is 4. The first-order valence-corrected chi connectivity index (χ1v) is 5.52. The number of benzene rings is 1. The monoisotopic (exact) mass is 236 g/mol. The third kappa shape index (κ3) is 3.39. The molecule has 0 aliphatic heterocycles. The van der Waals surface area contributed by atoms with E-state index in [0.29, 0.717) is 5.56 Å². The van der Waals surface area contributed by atoms with Gasteiger partial charge >= 0.3 is 5.97 Å². The summed E-state index contributed by atoms with van der Waals surface area (Å²) >= 11 is 0. The lowest BCUT2D eigenvalue weighted by atomic mass is 9.94. The Morgan fingerprint density at radius 1 is 1.29 bits per heavy atom. The molecule has 0 saturated heterocycles. The molecule has 0 bridgehead atoms. The van der Waals surface area contributed by atoms with Crippen molar-refractivity contribution in [2.45, 2.75) is 20.0 Å². The largest absolute Gasteiger partial charge is 0.464 e. The molecule has 1 rings (SSSR count). The second kappa shape index (κ2) is 6.15. The van der Waals surface area contributed by atoms with E-state index in [4.69, 9.17) is 0 Å². The fourth-order valence-corrected chi connectivity index (χ4v) is 1.44. The van der Waals surface area contributed by atoms with Crippen molar-refractivity contribution in [2.24, 2.45) is 5.92 Å². The van der Waals surface area contributed by atoms with Crippen molar-refractivity contribution < 1.29 is 19.4 Å². The van der Waals surface area contributed by atoms with Gasteiger partial charge in [-0.1, -0.05) is 37.3 Å². The molecule has 1 aromatic rings. The van der Waals surface area contributed by atoms with Crippen LogP contribution in [-0.2, 0) is 9.53 Å². The molecule has 4 heteroatoms. The summed E-state index contributed by atoms with van der Waals surface area (Å²) in [5.74, 6) is -1.84. The lowest BCUT2D eigenvalue weighted by Gasteiger charge is -2.16. The summed E-state index contributed by atoms with van der Waals surface area (Å²) in [6.45, 7) is 3.34. The number of Topliss-reactive ketones (excluding diaryl/α,β-unsaturated/α-hetero) is 1. The van der Waals surface area contributed by atoms with E-state index < -0.39 is 18.0 Å². The molecule has 0 aliphatic rings. The summed E-state index contributed by atoms with van der Waals surface area (Å²) in [5.41, 5.74) is 0.475. The van der Waals surface area contributed by atoms with E-state index in [0.717, 1.165) is 0 Å². The van der Waals surface area contributed by atoms with Crippen molar-refractivity contribution in [3.8, 4) is 0 Å². The minimum absolute atomic E-state index is 0.183. The van der Waals surface area contributed by atoms with Gasteiger partial charge in [0, 0.05) is 5.56 Å². The van der Waals surface area contributed by atoms with E-state index in [-0.39, 0.29) is 12.4 Å². The van der Waals surface area contributed by atoms with E-state index in [1.807, 2.05) is 0 Å². The van der Waals surface area contributed by atoms with E-state index >= 15 is 0 Å². The first-order valence-electron chi connectivity index (χ1n) is 5.52. The molecule has 2 atom stereocenters. The molecule has 0 radical (unpaired) electrons. The molecule has 1 N–H and O–H groups in total. The van der Waals surface area contributed by atoms with Crippen molar-refractivity contribution in [2.75, 3.05) is 6.61 Å². The number of aliphatic hydroxyl groups is 1. The Morgan fingerprint density at radius 2 is 1.88 bits per heavy atom. The van der Waals surface area contributed by atoms with Crippen LogP contribution in [-0.4, -0.2) is 29.6 Å². The Balaban J connectivity index is 2.73. The average molecular weight is 236 g/mol. The van der Waals surface area contributed by atoms with Crippen LogP contribution in [0.5, 0.6) is 0 Å². The van der Waals surface area contributed by atoms with Crippen molar-refractivity contribution in [3.05, 3.63) is 35.9 Å². The van der Waals surface area contributed by atoms with Gasteiger partial charge in [0.2, 0.25) is 0 Å². The van der Waals surface area contributed by atoms with E-state index in [1.165, 1.54) is 6.92 Å². The highest BCUT2D eigenvalue weighted by Crippen LogP contribution is 2.13. The zero-order valence-electron chi connectivity index (χ0n) is 9.92. The van der Waals surface area contributed by atoms with Gasteiger partial charge in [-0.3, -0.25) is 4.79 Å². The number of hydrogen-bond donors (Lipinski definition) is 1. The number of carbonyl (C=O) groups is 2. The van der Waals surface area contributed by atoms with Crippen LogP contribution < -0.4 is 0 Å². The molecule has 0 saturated carbocycles. The number of rotatable bonds is 5. The summed E-state index contributed by atoms with van der Waals surface area (Å²) in [7, 11) is 0. The molecule has 1 aromatic carbocycles. The maximum Gasteiger partial charge on any atom is 0.335 e. The lowest BCUT2D eigenvalue weighted by Crippen LogP contribution is -2.34. The maximum atomic E-state index is 11.9. The summed E-state index contributed by atoms with van der Waals surface area (Å²) in [5, 5.41) is 9.65. The summed E-state index contributed by atoms with van der Waals surface area (Å²) in [6, 6.07) is 8.56. The standard InChI is InChI=1S/C13H16O4/c1-3-17-13(16)12(15)9(2)11(14)10-7-5-4-6-8-10/h4-9,12,15H,3H2,1-2H3/t9?,12-/m0/s1. The third-order valence-corrected chi connectivity index (χ3v) is 2.47. The Bertz CT molecular complexity index is 386. The second-order valence-electron chi connectivity index (χ2n) is 3.72. The Labute approximate surface area is 100 Å². The molecule has 0 aromatic heterocycles. The molecule has 0 aliphatic carbocycles. The summed E-state index contributed by atoms with van der Waals surface area (Å²) < 4.78 is 4.67. The molecule has 0 spiro atoms. The number of aliphatic hydroxyl groups excluding tert-OH is 1. The van der Waals surface area contributed by atoms with Gasteiger partial charge in [0.05, 0.1) is 12.5 Å². The fourth-order valence-electron chi connectivity index (χ4n) is 1.44. The molecule has 0 amide bonds. The third-order valence-electron chi connectivity index (χ3n) is 2.47. The minimum Gasteiger partial charge on any atom is -0.464 e. The maximum absolute atomic E-state index is 11.9. The van der Waals surface area contributed by atoms with E-state index in [1.54, 1.807) is 37.3 Å². The predicted molar refractivity (Wildman–Crippen MR) is 62.6 cm³/mol. The van der Waals surface area contributed by atoms with E-state index in [2.05, 4.69) is 4.74 Å². The van der Waals surface area contributed by atoms with Gasteiger partial charge in [0.15, 0.2) is 11.9 Å². The van der Waals surface area contributed by atoms with Gasteiger partial charge in [-0.15, -0.1) is 0 Å². The van der Waals surface area contributed by atoms with Gasteiger partial charge in [-0.2, -0.15) is 0 Å². The number of esters is 1. The molecule has 0 fully saturated rings. The second-order valence-corrected chi connectivity index (χ2v) is 3.72. The average Bonchev–Trinajstić information content (AvgIpc) is 2.37. The van der Waals surface area contributed by atoms with Gasteiger partial charge < -0.3 is 9.84 Å². The fraction of sp³-hybridized carbons (Fsp3) is 0.385. The summed E-state index contributed by atoms with van der Waals surface area (Å²) in [4.78, 5) is 23.2. The molecular weight excluding hydrogens is 220 g/mol.